The molecule has 1 saturated carbocycles. The first-order chi connectivity index (χ1) is 16.9. The summed E-state index contributed by atoms with van der Waals surface area (Å²) in [7, 11) is 0. The van der Waals surface area contributed by atoms with Crippen molar-refractivity contribution in [3.63, 3.8) is 0 Å². The number of para-hydroxylation sites is 1. The Morgan fingerprint density at radius 3 is 2.40 bits per heavy atom. The Morgan fingerprint density at radius 1 is 1.03 bits per heavy atom. The first kappa shape index (κ1) is 24.2. The van der Waals surface area contributed by atoms with Crippen LogP contribution < -0.4 is 15.5 Å². The van der Waals surface area contributed by atoms with Crippen LogP contribution in [0.3, 0.4) is 0 Å². The standard InChI is InChI=1S/C27H28FN3O4/c1-18-12-14-19(15-13-18)25(27(34)30-20-7-2-3-8-20)31(22-10-5-4-9-21(22)28)24(32)17-29-26(33)23-11-6-16-35-23/h4-6,9-16,20,25H,2-3,7-8,17H2,1H3,(H,29,33)(H,30,34). The van der Waals surface area contributed by atoms with Crippen LogP contribution in [0.1, 0.15) is 53.4 Å². The molecule has 1 aliphatic carbocycles. The highest BCUT2D eigenvalue weighted by Gasteiger charge is 2.35. The largest absolute Gasteiger partial charge is 0.459 e. The van der Waals surface area contributed by atoms with Gasteiger partial charge in [-0.05, 0) is 49.6 Å². The zero-order valence-electron chi connectivity index (χ0n) is 19.5. The van der Waals surface area contributed by atoms with Crippen LogP contribution in [-0.2, 0) is 9.59 Å². The number of hydrogen-bond donors (Lipinski definition) is 2. The molecule has 1 heterocycles. The molecule has 35 heavy (non-hydrogen) atoms. The Bertz CT molecular complexity index is 1170. The highest BCUT2D eigenvalue weighted by Crippen LogP contribution is 2.31. The number of nitrogens with one attached hydrogen (secondary N) is 2. The van der Waals surface area contributed by atoms with Gasteiger partial charge >= 0.3 is 0 Å². The second-order valence-electron chi connectivity index (χ2n) is 8.68. The van der Waals surface area contributed by atoms with Crippen molar-refractivity contribution in [2.24, 2.45) is 0 Å². The number of carbonyl (C=O) groups is 3. The molecular weight excluding hydrogens is 449 g/mol. The minimum atomic E-state index is -1.12. The third kappa shape index (κ3) is 5.77. The molecule has 1 fully saturated rings. The molecule has 1 aromatic heterocycles. The fourth-order valence-electron chi connectivity index (χ4n) is 4.32. The predicted octanol–water partition coefficient (Wildman–Crippen LogP) is 4.29. The summed E-state index contributed by atoms with van der Waals surface area (Å²) < 4.78 is 20.1. The summed E-state index contributed by atoms with van der Waals surface area (Å²) in [6.45, 7) is 1.47. The molecule has 0 aliphatic heterocycles. The molecule has 1 atom stereocenters. The van der Waals surface area contributed by atoms with Crippen molar-refractivity contribution in [3.05, 3.63) is 89.6 Å². The van der Waals surface area contributed by atoms with Gasteiger partial charge in [0.1, 0.15) is 11.9 Å². The molecule has 7 nitrogen and oxygen atoms in total. The lowest BCUT2D eigenvalue weighted by molar-refractivity contribution is -0.126. The van der Waals surface area contributed by atoms with Crippen LogP contribution in [0.5, 0.6) is 0 Å². The summed E-state index contributed by atoms with van der Waals surface area (Å²) in [5.41, 5.74) is 1.48. The summed E-state index contributed by atoms with van der Waals surface area (Å²) in [6.07, 6.45) is 5.12. The van der Waals surface area contributed by atoms with E-state index in [1.165, 1.54) is 30.5 Å². The molecule has 4 rings (SSSR count). The topological polar surface area (TPSA) is 91.7 Å². The summed E-state index contributed by atoms with van der Waals surface area (Å²) >= 11 is 0. The number of carbonyl (C=O) groups excluding carboxylic acids is 3. The van der Waals surface area contributed by atoms with Crippen LogP contribution in [0, 0.1) is 12.7 Å². The maximum atomic E-state index is 15.0. The van der Waals surface area contributed by atoms with Crippen LogP contribution in [0.25, 0.3) is 0 Å². The third-order valence-electron chi connectivity index (χ3n) is 6.13. The van der Waals surface area contributed by atoms with Crippen LogP contribution in [0.15, 0.2) is 71.3 Å². The van der Waals surface area contributed by atoms with Crippen molar-refractivity contribution in [1.82, 2.24) is 10.6 Å². The quantitative estimate of drug-likeness (QED) is 0.506. The van der Waals surface area contributed by atoms with Crippen molar-refractivity contribution in [3.8, 4) is 0 Å². The molecule has 182 valence electrons. The molecule has 3 amide bonds. The zero-order valence-corrected chi connectivity index (χ0v) is 19.5. The smallest absolute Gasteiger partial charge is 0.287 e. The highest BCUT2D eigenvalue weighted by molar-refractivity contribution is 6.04. The molecule has 0 radical (unpaired) electrons. The van der Waals surface area contributed by atoms with E-state index in [2.05, 4.69) is 10.6 Å². The normalized spacial score (nSPS) is 14.3. The van der Waals surface area contributed by atoms with Crippen molar-refractivity contribution >= 4 is 23.4 Å². The van der Waals surface area contributed by atoms with E-state index in [0.29, 0.717) is 5.56 Å². The van der Waals surface area contributed by atoms with E-state index in [9.17, 15) is 14.4 Å². The molecule has 3 aromatic rings. The second-order valence-corrected chi connectivity index (χ2v) is 8.68. The van der Waals surface area contributed by atoms with E-state index < -0.39 is 36.1 Å². The number of hydrogen-bond acceptors (Lipinski definition) is 4. The Balaban J connectivity index is 1.69. The van der Waals surface area contributed by atoms with E-state index in [1.54, 1.807) is 24.3 Å². The van der Waals surface area contributed by atoms with Gasteiger partial charge in [-0.25, -0.2) is 4.39 Å². The monoisotopic (exact) mass is 477 g/mol. The summed E-state index contributed by atoms with van der Waals surface area (Å²) in [6, 6.07) is 14.9. The Morgan fingerprint density at radius 2 is 1.74 bits per heavy atom. The zero-order chi connectivity index (χ0) is 24.8. The summed E-state index contributed by atoms with van der Waals surface area (Å²) in [4.78, 5) is 40.6. The van der Waals surface area contributed by atoms with Gasteiger partial charge in [0.25, 0.3) is 5.91 Å². The Kier molecular flexibility index (Phi) is 7.60. The fraction of sp³-hybridized carbons (Fsp3) is 0.296. The summed E-state index contributed by atoms with van der Waals surface area (Å²) in [5, 5.41) is 5.55. The molecule has 0 spiro atoms. The van der Waals surface area contributed by atoms with E-state index in [-0.39, 0.29) is 17.5 Å². The van der Waals surface area contributed by atoms with Gasteiger partial charge in [-0.15, -0.1) is 0 Å². The number of nitrogens with zero attached hydrogens (tertiary/aromatic N) is 1. The maximum absolute atomic E-state index is 15.0. The summed E-state index contributed by atoms with van der Waals surface area (Å²) in [5.74, 6) is -2.22. The predicted molar refractivity (Wildman–Crippen MR) is 129 cm³/mol. The van der Waals surface area contributed by atoms with Gasteiger partial charge in [0, 0.05) is 6.04 Å². The molecule has 2 N–H and O–H groups in total. The first-order valence-corrected chi connectivity index (χ1v) is 11.7. The van der Waals surface area contributed by atoms with Crippen LogP contribution in [-0.4, -0.2) is 30.3 Å². The lowest BCUT2D eigenvalue weighted by Crippen LogP contribution is -2.49. The minimum absolute atomic E-state index is 0.00618. The SMILES string of the molecule is Cc1ccc(C(C(=O)NC2CCCC2)N(C(=O)CNC(=O)c2ccco2)c2ccccc2F)cc1. The van der Waals surface area contributed by atoms with Crippen molar-refractivity contribution in [2.45, 2.75) is 44.7 Å². The number of amides is 3. The van der Waals surface area contributed by atoms with Gasteiger partial charge in [0.2, 0.25) is 11.8 Å². The van der Waals surface area contributed by atoms with Gasteiger partial charge in [-0.2, -0.15) is 0 Å². The molecule has 0 saturated heterocycles. The Hall–Kier alpha value is -3.94. The van der Waals surface area contributed by atoms with E-state index >= 15 is 4.39 Å². The maximum Gasteiger partial charge on any atom is 0.287 e. The minimum Gasteiger partial charge on any atom is -0.459 e. The first-order valence-electron chi connectivity index (χ1n) is 11.7. The van der Waals surface area contributed by atoms with Crippen LogP contribution in [0.2, 0.25) is 0 Å². The average Bonchev–Trinajstić information content (AvgIpc) is 3.57. The Labute approximate surface area is 203 Å². The van der Waals surface area contributed by atoms with Gasteiger partial charge < -0.3 is 15.1 Å². The fourth-order valence-corrected chi connectivity index (χ4v) is 4.32. The number of anilines is 1. The molecule has 2 aromatic carbocycles. The number of furan rings is 1. The second kappa shape index (κ2) is 11.0. The van der Waals surface area contributed by atoms with E-state index in [4.69, 9.17) is 4.42 Å². The molecule has 1 unspecified atom stereocenters. The number of aryl methyl sites for hydroxylation is 1. The van der Waals surface area contributed by atoms with E-state index in [0.717, 1.165) is 36.1 Å². The average molecular weight is 478 g/mol. The van der Waals surface area contributed by atoms with Crippen LogP contribution in [0.4, 0.5) is 10.1 Å². The van der Waals surface area contributed by atoms with Crippen molar-refractivity contribution < 1.29 is 23.2 Å². The van der Waals surface area contributed by atoms with Crippen molar-refractivity contribution in [2.75, 3.05) is 11.4 Å². The van der Waals surface area contributed by atoms with Gasteiger partial charge in [-0.1, -0.05) is 54.8 Å². The van der Waals surface area contributed by atoms with Crippen LogP contribution >= 0.6 is 0 Å². The number of rotatable bonds is 8. The lowest BCUT2D eigenvalue weighted by Gasteiger charge is -2.32. The third-order valence-corrected chi connectivity index (χ3v) is 6.13. The number of halogens is 1. The number of benzene rings is 2. The van der Waals surface area contributed by atoms with Gasteiger partial charge in [0.15, 0.2) is 5.76 Å². The van der Waals surface area contributed by atoms with E-state index in [1.807, 2.05) is 19.1 Å². The molecule has 0 bridgehead atoms. The highest BCUT2D eigenvalue weighted by atomic mass is 19.1. The molecule has 1 aliphatic rings. The molecule has 8 heteroatoms. The van der Waals surface area contributed by atoms with Gasteiger partial charge in [0.05, 0.1) is 18.5 Å². The lowest BCUT2D eigenvalue weighted by atomic mass is 10.0. The van der Waals surface area contributed by atoms with Gasteiger partial charge in [-0.3, -0.25) is 19.3 Å². The van der Waals surface area contributed by atoms with Crippen molar-refractivity contribution in [1.29, 1.82) is 0 Å². The molecular formula is C27H28FN3O4.